The number of benzene rings is 2. The van der Waals surface area contributed by atoms with Gasteiger partial charge in [0.05, 0.1) is 24.4 Å². The van der Waals surface area contributed by atoms with Gasteiger partial charge < -0.3 is 19.7 Å². The normalized spacial score (nSPS) is 16.4. The van der Waals surface area contributed by atoms with Gasteiger partial charge in [0.2, 0.25) is 5.91 Å². The number of nitrogens with one attached hydrogen (secondary N) is 1. The van der Waals surface area contributed by atoms with Gasteiger partial charge in [0.1, 0.15) is 17.2 Å². The number of hydrogen-bond donors (Lipinski definition) is 1. The van der Waals surface area contributed by atoms with Crippen LogP contribution in [0.2, 0.25) is 0 Å². The molecule has 5 heterocycles. The monoisotopic (exact) mass is 579 g/mol. The minimum absolute atomic E-state index is 0.0463. The summed E-state index contributed by atoms with van der Waals surface area (Å²) in [6.07, 6.45) is 4.51. The topological polar surface area (TPSA) is 116 Å². The van der Waals surface area contributed by atoms with Crippen LogP contribution in [0.15, 0.2) is 71.8 Å². The van der Waals surface area contributed by atoms with Gasteiger partial charge in [-0.1, -0.05) is 18.2 Å². The van der Waals surface area contributed by atoms with Crippen LogP contribution in [-0.2, 0) is 17.8 Å². The van der Waals surface area contributed by atoms with E-state index in [1.807, 2.05) is 60.4 Å². The Kier molecular flexibility index (Phi) is 7.91. The fraction of sp³-hybridized carbons (Fsp3) is 0.303. The third-order valence-electron chi connectivity index (χ3n) is 7.82. The highest BCUT2D eigenvalue weighted by atomic mass is 16.5. The maximum Gasteiger partial charge on any atom is 0.347 e. The van der Waals surface area contributed by atoms with Gasteiger partial charge in [0.25, 0.3) is 5.91 Å². The van der Waals surface area contributed by atoms with Gasteiger partial charge in [-0.2, -0.15) is 4.98 Å². The van der Waals surface area contributed by atoms with Crippen LogP contribution in [0, 0.1) is 13.8 Å². The molecule has 220 valence electrons. The summed E-state index contributed by atoms with van der Waals surface area (Å²) < 4.78 is 13.7. The standard InChI is InChI=1S/C33H33N5O5/c1-21-15-22(2)37(33(41)36-21)13-10-30(39)38-12-9-23-16-27-7-8-29(23)31(38)24-5-3-6-26(17-24)42-14-4-11-35-32(40)25-18-28(43-27)20-34-19-25/h3,5-8,15-20,31H,4,9-14H2,1-2H3,(H,35,40). The molecule has 2 aromatic carbocycles. The molecular weight excluding hydrogens is 546 g/mol. The minimum Gasteiger partial charge on any atom is -0.494 e. The Bertz CT molecular complexity index is 1750. The van der Waals surface area contributed by atoms with Crippen molar-refractivity contribution in [3.05, 3.63) is 111 Å². The maximum absolute atomic E-state index is 13.8. The molecule has 1 unspecified atom stereocenters. The minimum atomic E-state index is -0.344. The fourth-order valence-corrected chi connectivity index (χ4v) is 5.77. The zero-order valence-electron chi connectivity index (χ0n) is 24.2. The lowest BCUT2D eigenvalue weighted by molar-refractivity contribution is -0.133. The van der Waals surface area contributed by atoms with Gasteiger partial charge in [-0.25, -0.2) is 4.79 Å². The first-order chi connectivity index (χ1) is 20.9. The van der Waals surface area contributed by atoms with Gasteiger partial charge in [-0.05, 0) is 79.8 Å². The van der Waals surface area contributed by atoms with E-state index in [9.17, 15) is 14.4 Å². The van der Waals surface area contributed by atoms with E-state index < -0.39 is 0 Å². The number of nitrogens with zero attached hydrogens (tertiary/aromatic N) is 4. The molecule has 43 heavy (non-hydrogen) atoms. The number of fused-ring (bicyclic) bond motifs is 6. The second-order valence-electron chi connectivity index (χ2n) is 10.9. The molecule has 1 atom stereocenters. The molecular formula is C33H33N5O5. The highest BCUT2D eigenvalue weighted by molar-refractivity contribution is 5.94. The van der Waals surface area contributed by atoms with Crippen LogP contribution in [-0.4, -0.2) is 50.9 Å². The quantitative estimate of drug-likeness (QED) is 0.388. The smallest absolute Gasteiger partial charge is 0.347 e. The molecule has 3 aliphatic rings. The van der Waals surface area contributed by atoms with Crippen LogP contribution < -0.4 is 20.5 Å². The molecule has 10 nitrogen and oxygen atoms in total. The van der Waals surface area contributed by atoms with Crippen LogP contribution >= 0.6 is 0 Å². The Hall–Kier alpha value is -4.99. The van der Waals surface area contributed by atoms with Crippen LogP contribution in [0.1, 0.15) is 57.3 Å². The summed E-state index contributed by atoms with van der Waals surface area (Å²) >= 11 is 0. The predicted octanol–water partition coefficient (Wildman–Crippen LogP) is 4.12. The number of carbonyl (C=O) groups excluding carboxylic acids is 2. The van der Waals surface area contributed by atoms with Crippen LogP contribution in [0.25, 0.3) is 0 Å². The SMILES string of the molecule is Cc1cc(C)n(CCC(=O)N2CCc3cc4ccc3C2c2cccc(c2)OCCCNC(=O)c2cncc(c2)O4)c(=O)n1. The van der Waals surface area contributed by atoms with Crippen molar-refractivity contribution in [2.45, 2.75) is 45.7 Å². The van der Waals surface area contributed by atoms with Crippen molar-refractivity contribution in [1.82, 2.24) is 24.8 Å². The number of carbonyl (C=O) groups is 2. The summed E-state index contributed by atoms with van der Waals surface area (Å²) in [4.78, 5) is 49.1. The summed E-state index contributed by atoms with van der Waals surface area (Å²) in [6.45, 7) is 5.26. The Labute approximate surface area is 249 Å². The molecule has 2 amide bonds. The highest BCUT2D eigenvalue weighted by Crippen LogP contribution is 2.39. The van der Waals surface area contributed by atoms with Crippen molar-refractivity contribution in [2.24, 2.45) is 0 Å². The summed E-state index contributed by atoms with van der Waals surface area (Å²) in [5.41, 5.74) is 4.51. The van der Waals surface area contributed by atoms with Crippen molar-refractivity contribution in [3.63, 3.8) is 0 Å². The van der Waals surface area contributed by atoms with E-state index in [1.165, 1.54) is 6.20 Å². The van der Waals surface area contributed by atoms with E-state index in [2.05, 4.69) is 15.3 Å². The highest BCUT2D eigenvalue weighted by Gasteiger charge is 2.32. The number of pyridine rings is 1. The molecule has 0 saturated heterocycles. The van der Waals surface area contributed by atoms with Crippen LogP contribution in [0.4, 0.5) is 0 Å². The van der Waals surface area contributed by atoms with Crippen molar-refractivity contribution >= 4 is 11.8 Å². The van der Waals surface area contributed by atoms with Gasteiger partial charge in [-0.3, -0.25) is 19.1 Å². The molecule has 10 heteroatoms. The molecule has 4 aromatic rings. The first-order valence-electron chi connectivity index (χ1n) is 14.5. The molecule has 8 bridgehead atoms. The second kappa shape index (κ2) is 12.1. The maximum atomic E-state index is 13.8. The molecule has 0 aliphatic carbocycles. The second-order valence-corrected chi connectivity index (χ2v) is 10.9. The van der Waals surface area contributed by atoms with Gasteiger partial charge in [0, 0.05) is 43.6 Å². The van der Waals surface area contributed by atoms with Crippen molar-refractivity contribution < 1.29 is 19.1 Å². The van der Waals surface area contributed by atoms with Crippen molar-refractivity contribution in [3.8, 4) is 17.2 Å². The number of rotatable bonds is 3. The fourth-order valence-electron chi connectivity index (χ4n) is 5.77. The van der Waals surface area contributed by atoms with E-state index >= 15 is 0 Å². The lowest BCUT2D eigenvalue weighted by Crippen LogP contribution is -2.41. The molecule has 0 spiro atoms. The van der Waals surface area contributed by atoms with E-state index in [1.54, 1.807) is 23.8 Å². The number of amides is 2. The van der Waals surface area contributed by atoms with E-state index in [0.717, 1.165) is 22.4 Å². The summed E-state index contributed by atoms with van der Waals surface area (Å²) in [7, 11) is 0. The first kappa shape index (κ1) is 28.1. The Morgan fingerprint density at radius 2 is 1.91 bits per heavy atom. The number of ether oxygens (including phenoxy) is 2. The molecule has 7 rings (SSSR count). The van der Waals surface area contributed by atoms with E-state index in [4.69, 9.17) is 9.47 Å². The lowest BCUT2D eigenvalue weighted by atomic mass is 9.87. The van der Waals surface area contributed by atoms with Crippen LogP contribution in [0.5, 0.6) is 17.2 Å². The Morgan fingerprint density at radius 1 is 1.02 bits per heavy atom. The summed E-state index contributed by atoms with van der Waals surface area (Å²) in [6, 6.07) is 16.8. The first-order valence-corrected chi connectivity index (χ1v) is 14.5. The van der Waals surface area contributed by atoms with E-state index in [0.29, 0.717) is 61.0 Å². The zero-order valence-corrected chi connectivity index (χ0v) is 24.2. The largest absolute Gasteiger partial charge is 0.494 e. The lowest BCUT2D eigenvalue weighted by Gasteiger charge is -2.38. The van der Waals surface area contributed by atoms with Gasteiger partial charge >= 0.3 is 5.69 Å². The molecule has 2 aromatic heterocycles. The Balaban J connectivity index is 1.35. The third-order valence-corrected chi connectivity index (χ3v) is 7.82. The predicted molar refractivity (Wildman–Crippen MR) is 159 cm³/mol. The number of aryl methyl sites for hydroxylation is 2. The third kappa shape index (κ3) is 6.13. The van der Waals surface area contributed by atoms with Gasteiger partial charge in [-0.15, -0.1) is 0 Å². The summed E-state index contributed by atoms with van der Waals surface area (Å²) in [5.74, 6) is 1.50. The van der Waals surface area contributed by atoms with Gasteiger partial charge in [0.15, 0.2) is 0 Å². The Morgan fingerprint density at radius 3 is 2.77 bits per heavy atom. The molecule has 0 fully saturated rings. The number of hydrogen-bond acceptors (Lipinski definition) is 7. The molecule has 0 saturated carbocycles. The number of aromatic nitrogens is 3. The zero-order chi connectivity index (χ0) is 29.9. The molecule has 1 N–H and O–H groups in total. The van der Waals surface area contributed by atoms with Crippen molar-refractivity contribution in [1.29, 1.82) is 0 Å². The molecule has 3 aliphatic heterocycles. The van der Waals surface area contributed by atoms with Crippen molar-refractivity contribution in [2.75, 3.05) is 19.7 Å². The van der Waals surface area contributed by atoms with E-state index in [-0.39, 0.29) is 36.5 Å². The summed E-state index contributed by atoms with van der Waals surface area (Å²) in [5, 5.41) is 2.90. The molecule has 0 radical (unpaired) electrons. The average molecular weight is 580 g/mol. The average Bonchev–Trinajstić information content (AvgIpc) is 2.99. The van der Waals surface area contributed by atoms with Crippen LogP contribution in [0.3, 0.4) is 0 Å².